The normalized spacial score (nSPS) is 11.4. The first-order valence-electron chi connectivity index (χ1n) is 10.1. The van der Waals surface area contributed by atoms with Crippen molar-refractivity contribution in [1.29, 1.82) is 0 Å². The second kappa shape index (κ2) is 24.4. The first-order chi connectivity index (χ1) is 11.4. The van der Waals surface area contributed by atoms with Crippen molar-refractivity contribution >= 4 is 5.97 Å². The van der Waals surface area contributed by atoms with E-state index in [0.717, 1.165) is 12.3 Å². The van der Waals surface area contributed by atoms with Crippen LogP contribution in [0.25, 0.3) is 0 Å². The van der Waals surface area contributed by atoms with Crippen molar-refractivity contribution in [2.75, 3.05) is 0 Å². The van der Waals surface area contributed by atoms with Gasteiger partial charge in [-0.2, -0.15) is 6.42 Å². The molecular weight excluding hydrogens is 323 g/mol. The number of aliphatic hydroxyl groups is 1. The Labute approximate surface area is 179 Å². The number of unbranched alkanes of at least 4 members (excludes halogenated alkanes) is 12. The summed E-state index contributed by atoms with van der Waals surface area (Å²) in [5, 5.41) is 15.8. The van der Waals surface area contributed by atoms with Crippen molar-refractivity contribution in [2.24, 2.45) is 5.92 Å². The zero-order chi connectivity index (χ0) is 18.6. The Kier molecular flexibility index (Phi) is 29.5. The molecule has 0 spiro atoms. The molecule has 0 heterocycles. The van der Waals surface area contributed by atoms with E-state index >= 15 is 0 Å². The molecule has 4 heteroatoms. The van der Waals surface area contributed by atoms with Gasteiger partial charge in [-0.05, 0) is 12.8 Å². The smallest absolute Gasteiger partial charge is 0.479 e. The number of hydrogen-bond acceptors (Lipinski definition) is 2. The molecule has 146 valence electrons. The maximum atomic E-state index is 9.45. The SMILES string of the molecule is CC(O)C(=O)O.[CH2-]CCCCCCCCCCCCCCC(C)C.[Na+]. The van der Waals surface area contributed by atoms with Crippen LogP contribution < -0.4 is 29.6 Å². The molecule has 0 aliphatic carbocycles. The van der Waals surface area contributed by atoms with Gasteiger partial charge in [-0.1, -0.05) is 97.3 Å². The van der Waals surface area contributed by atoms with E-state index in [1.807, 2.05) is 0 Å². The summed E-state index contributed by atoms with van der Waals surface area (Å²) in [5.41, 5.74) is 0. The van der Waals surface area contributed by atoms with Crippen LogP contribution in [0.15, 0.2) is 0 Å². The van der Waals surface area contributed by atoms with Crippen LogP contribution in [0.4, 0.5) is 0 Å². The Hall–Kier alpha value is 0.430. The van der Waals surface area contributed by atoms with Gasteiger partial charge >= 0.3 is 35.5 Å². The topological polar surface area (TPSA) is 57.5 Å². The van der Waals surface area contributed by atoms with Gasteiger partial charge in [0.15, 0.2) is 0 Å². The number of aliphatic hydroxyl groups excluding tert-OH is 1. The molecule has 0 aromatic heterocycles. The molecule has 0 amide bonds. The summed E-state index contributed by atoms with van der Waals surface area (Å²) in [6.45, 7) is 9.74. The first-order valence-corrected chi connectivity index (χ1v) is 10.1. The molecule has 0 bridgehead atoms. The minimum atomic E-state index is -1.23. The van der Waals surface area contributed by atoms with Crippen LogP contribution in [0.3, 0.4) is 0 Å². The molecule has 1 atom stereocenters. The van der Waals surface area contributed by atoms with Gasteiger partial charge in [-0.3, -0.25) is 0 Å². The molecule has 0 radical (unpaired) electrons. The summed E-state index contributed by atoms with van der Waals surface area (Å²) >= 11 is 0. The Balaban J connectivity index is -0.000000592. The number of carboxylic acid groups (broad SMARTS) is 1. The van der Waals surface area contributed by atoms with E-state index in [1.165, 1.54) is 90.4 Å². The monoisotopic (exact) mass is 366 g/mol. The Morgan fingerprint density at radius 1 is 0.760 bits per heavy atom. The Morgan fingerprint density at radius 3 is 1.28 bits per heavy atom. The largest absolute Gasteiger partial charge is 1.00 e. The van der Waals surface area contributed by atoms with E-state index in [2.05, 4.69) is 20.8 Å². The summed E-state index contributed by atoms with van der Waals surface area (Å²) in [7, 11) is 0. The molecular formula is C21H43NaO3. The van der Waals surface area contributed by atoms with Crippen LogP contribution in [-0.4, -0.2) is 22.3 Å². The molecule has 3 nitrogen and oxygen atoms in total. The van der Waals surface area contributed by atoms with E-state index in [0.29, 0.717) is 0 Å². The summed E-state index contributed by atoms with van der Waals surface area (Å²) < 4.78 is 0. The maximum absolute atomic E-state index is 9.45. The minimum absolute atomic E-state index is 0. The molecule has 0 rings (SSSR count). The quantitative estimate of drug-likeness (QED) is 0.265. The molecule has 0 saturated carbocycles. The van der Waals surface area contributed by atoms with Crippen molar-refractivity contribution in [3.8, 4) is 0 Å². The second-order valence-electron chi connectivity index (χ2n) is 7.29. The third-order valence-electron chi connectivity index (χ3n) is 4.14. The number of carboxylic acids is 1. The number of hydrogen-bond donors (Lipinski definition) is 2. The molecule has 0 aromatic rings. The number of rotatable bonds is 15. The molecule has 25 heavy (non-hydrogen) atoms. The van der Waals surface area contributed by atoms with Crippen molar-refractivity contribution in [2.45, 2.75) is 117 Å². The fourth-order valence-corrected chi connectivity index (χ4v) is 2.50. The predicted molar refractivity (Wildman–Crippen MR) is 104 cm³/mol. The van der Waals surface area contributed by atoms with Gasteiger partial charge in [0.2, 0.25) is 0 Å². The van der Waals surface area contributed by atoms with Crippen LogP contribution in [0, 0.1) is 12.8 Å². The molecule has 0 aliphatic rings. The zero-order valence-electron chi connectivity index (χ0n) is 17.6. The third kappa shape index (κ3) is 32.6. The van der Waals surface area contributed by atoms with Crippen LogP contribution >= 0.6 is 0 Å². The van der Waals surface area contributed by atoms with Gasteiger partial charge in [-0.25, -0.2) is 4.79 Å². The zero-order valence-corrected chi connectivity index (χ0v) is 19.6. The number of carbonyl (C=O) groups is 1. The van der Waals surface area contributed by atoms with Crippen LogP contribution in [0.1, 0.15) is 111 Å². The molecule has 1 unspecified atom stereocenters. The number of aliphatic carboxylic acids is 1. The first kappa shape index (κ1) is 30.2. The van der Waals surface area contributed by atoms with Crippen molar-refractivity contribution in [3.63, 3.8) is 0 Å². The van der Waals surface area contributed by atoms with E-state index < -0.39 is 12.1 Å². The molecule has 0 aliphatic heterocycles. The summed E-state index contributed by atoms with van der Waals surface area (Å²) in [6.07, 6.45) is 18.7. The van der Waals surface area contributed by atoms with E-state index in [9.17, 15) is 4.79 Å². The van der Waals surface area contributed by atoms with Crippen LogP contribution in [0.2, 0.25) is 0 Å². The Bertz CT molecular complexity index is 256. The molecule has 2 N–H and O–H groups in total. The van der Waals surface area contributed by atoms with Gasteiger partial charge in [0, 0.05) is 0 Å². The Morgan fingerprint density at radius 2 is 1.04 bits per heavy atom. The maximum Gasteiger partial charge on any atom is 1.00 e. The van der Waals surface area contributed by atoms with E-state index in [1.54, 1.807) is 0 Å². The standard InChI is InChI=1S/C18H37.C3H6O3.Na/c1-4-5-6-7-8-9-10-11-12-13-14-15-16-17-18(2)3;1-2(4)3(5)6;/h18H,1,4-17H2,2-3H3;2,4H,1H3,(H,5,6);/q-1;;+1. The van der Waals surface area contributed by atoms with Crippen molar-refractivity contribution < 1.29 is 44.6 Å². The molecule has 0 saturated heterocycles. The summed E-state index contributed by atoms with van der Waals surface area (Å²) in [6, 6.07) is 0. The van der Waals surface area contributed by atoms with E-state index in [-0.39, 0.29) is 29.6 Å². The molecule has 0 aromatic carbocycles. The van der Waals surface area contributed by atoms with Crippen LogP contribution in [0.5, 0.6) is 0 Å². The fraction of sp³-hybridized carbons (Fsp3) is 0.905. The minimum Gasteiger partial charge on any atom is -0.479 e. The average molecular weight is 367 g/mol. The summed E-state index contributed by atoms with van der Waals surface area (Å²) in [4.78, 5) is 9.45. The van der Waals surface area contributed by atoms with E-state index in [4.69, 9.17) is 10.2 Å². The van der Waals surface area contributed by atoms with Gasteiger partial charge in [0.25, 0.3) is 0 Å². The fourth-order valence-electron chi connectivity index (χ4n) is 2.50. The van der Waals surface area contributed by atoms with Gasteiger partial charge < -0.3 is 17.1 Å². The third-order valence-corrected chi connectivity index (χ3v) is 4.14. The predicted octanol–water partition coefficient (Wildman–Crippen LogP) is 3.39. The van der Waals surface area contributed by atoms with Crippen molar-refractivity contribution in [3.05, 3.63) is 6.92 Å². The summed E-state index contributed by atoms with van der Waals surface area (Å²) in [5.74, 6) is -0.288. The van der Waals surface area contributed by atoms with Gasteiger partial charge in [0.05, 0.1) is 0 Å². The van der Waals surface area contributed by atoms with Gasteiger partial charge in [-0.15, -0.1) is 0 Å². The van der Waals surface area contributed by atoms with Crippen molar-refractivity contribution in [1.82, 2.24) is 0 Å². The second-order valence-corrected chi connectivity index (χ2v) is 7.29. The molecule has 0 fully saturated rings. The van der Waals surface area contributed by atoms with Crippen LogP contribution in [-0.2, 0) is 4.79 Å². The average Bonchev–Trinajstić information content (AvgIpc) is 2.52. The van der Waals surface area contributed by atoms with Gasteiger partial charge in [0.1, 0.15) is 6.10 Å².